The lowest BCUT2D eigenvalue weighted by molar-refractivity contribution is -0.00643. The molecule has 4 N–H and O–H groups in total. The van der Waals surface area contributed by atoms with E-state index in [4.69, 9.17) is 10.5 Å². The molecule has 4 unspecified atom stereocenters. The van der Waals surface area contributed by atoms with E-state index < -0.39 is 24.4 Å². The number of aliphatic hydroxyl groups is 3. The zero-order chi connectivity index (χ0) is 12.2. The van der Waals surface area contributed by atoms with E-state index in [1.54, 1.807) is 13.8 Å². The van der Waals surface area contributed by atoms with Crippen LogP contribution in [0.15, 0.2) is 5.18 Å². The van der Waals surface area contributed by atoms with Crippen LogP contribution in [-0.4, -0.2) is 45.4 Å². The van der Waals surface area contributed by atoms with E-state index in [1.807, 2.05) is 0 Å². The molecule has 0 fully saturated rings. The highest BCUT2D eigenvalue weighted by molar-refractivity contribution is 5.88. The van der Waals surface area contributed by atoms with Crippen LogP contribution in [0.4, 0.5) is 0 Å². The number of hydrogen-bond acceptors (Lipinski definition) is 6. The summed E-state index contributed by atoms with van der Waals surface area (Å²) in [6, 6.07) is -1.40. The van der Waals surface area contributed by atoms with Gasteiger partial charge in [0.05, 0.1) is 6.10 Å². The topological polar surface area (TPSA) is 114 Å². The summed E-state index contributed by atoms with van der Waals surface area (Å²) in [6.07, 6.45) is -4.09. The van der Waals surface area contributed by atoms with Crippen molar-refractivity contribution in [2.45, 2.75) is 45.1 Å². The van der Waals surface area contributed by atoms with Gasteiger partial charge in [0, 0.05) is 5.71 Å². The Morgan fingerprint density at radius 3 is 1.93 bits per heavy atom. The number of rotatable bonds is 6. The molecule has 0 aliphatic rings. The Kier molecular flexibility index (Phi) is 5.56. The lowest BCUT2D eigenvalue weighted by Gasteiger charge is -2.25. The van der Waals surface area contributed by atoms with Crippen molar-refractivity contribution in [3.63, 3.8) is 0 Å². The van der Waals surface area contributed by atoms with Gasteiger partial charge in [-0.1, -0.05) is 19.0 Å². The second kappa shape index (κ2) is 5.89. The summed E-state index contributed by atoms with van der Waals surface area (Å²) in [6.45, 7) is 4.65. The molecule has 0 aromatic heterocycles. The summed E-state index contributed by atoms with van der Waals surface area (Å²) in [5.74, 6) is -0.245. The third-order valence-electron chi connectivity index (χ3n) is 2.23. The molecule has 88 valence electrons. The summed E-state index contributed by atoms with van der Waals surface area (Å²) < 4.78 is 0. The number of nitrogens with one attached hydrogen (secondary N) is 1. The Balaban J connectivity index is 4.67. The van der Waals surface area contributed by atoms with E-state index in [0.717, 1.165) is 0 Å². The van der Waals surface area contributed by atoms with Crippen LogP contribution in [0, 0.1) is 16.2 Å². The predicted molar refractivity (Wildman–Crippen MR) is 55.8 cm³/mol. The standard InChI is InChI=1S/C9H18N2O4/c1-4(2)6(10)9(14)7(11-15)8(13)5(3)12/h4-5,7-10,12-14H,1-3H3. The highest BCUT2D eigenvalue weighted by Crippen LogP contribution is 2.13. The van der Waals surface area contributed by atoms with E-state index in [9.17, 15) is 15.1 Å². The highest BCUT2D eigenvalue weighted by Gasteiger charge is 2.34. The van der Waals surface area contributed by atoms with Crippen LogP contribution < -0.4 is 0 Å². The Morgan fingerprint density at radius 2 is 1.67 bits per heavy atom. The molecule has 4 atom stereocenters. The SMILES string of the molecule is CC(C)C(=N)C(O)C(N=O)C(O)C(C)O. The summed E-state index contributed by atoms with van der Waals surface area (Å²) in [7, 11) is 0. The lowest BCUT2D eigenvalue weighted by Crippen LogP contribution is -2.46. The summed E-state index contributed by atoms with van der Waals surface area (Å²) in [5.41, 5.74) is -0.0840. The van der Waals surface area contributed by atoms with E-state index in [1.165, 1.54) is 6.92 Å². The molecule has 15 heavy (non-hydrogen) atoms. The molecule has 0 bridgehead atoms. The van der Waals surface area contributed by atoms with Crippen molar-refractivity contribution >= 4 is 5.71 Å². The second-order valence-corrected chi connectivity index (χ2v) is 3.88. The van der Waals surface area contributed by atoms with Crippen LogP contribution in [0.25, 0.3) is 0 Å². The molecule has 0 saturated carbocycles. The van der Waals surface area contributed by atoms with Crippen molar-refractivity contribution in [1.82, 2.24) is 0 Å². The molecule has 0 aromatic rings. The molecule has 6 nitrogen and oxygen atoms in total. The van der Waals surface area contributed by atoms with Crippen molar-refractivity contribution in [1.29, 1.82) is 5.41 Å². The first-order valence-electron chi connectivity index (χ1n) is 4.77. The molecule has 0 heterocycles. The minimum Gasteiger partial charge on any atom is -0.391 e. The molecule has 0 saturated heterocycles. The zero-order valence-corrected chi connectivity index (χ0v) is 9.08. The van der Waals surface area contributed by atoms with Crippen molar-refractivity contribution in [3.8, 4) is 0 Å². The van der Waals surface area contributed by atoms with E-state index >= 15 is 0 Å². The molecule has 0 aromatic carbocycles. The van der Waals surface area contributed by atoms with Gasteiger partial charge in [0.25, 0.3) is 0 Å². The first-order valence-corrected chi connectivity index (χ1v) is 4.77. The van der Waals surface area contributed by atoms with Crippen molar-refractivity contribution in [2.24, 2.45) is 11.1 Å². The number of nitrogens with zero attached hydrogens (tertiary/aromatic N) is 1. The Hall–Kier alpha value is -0.850. The van der Waals surface area contributed by atoms with Gasteiger partial charge in [-0.2, -0.15) is 4.91 Å². The maximum atomic E-state index is 10.4. The highest BCUT2D eigenvalue weighted by atomic mass is 16.3. The Bertz CT molecular complexity index is 230. The lowest BCUT2D eigenvalue weighted by atomic mass is 9.93. The predicted octanol–water partition coefficient (Wildman–Crippen LogP) is -0.100. The maximum Gasteiger partial charge on any atom is 0.151 e. The molecule has 0 aliphatic carbocycles. The number of aliphatic hydroxyl groups excluding tert-OH is 3. The van der Waals surface area contributed by atoms with Gasteiger partial charge >= 0.3 is 0 Å². The zero-order valence-electron chi connectivity index (χ0n) is 9.08. The number of hydrogen-bond donors (Lipinski definition) is 4. The molecule has 0 aliphatic heterocycles. The normalized spacial score (nSPS) is 19.4. The monoisotopic (exact) mass is 218 g/mol. The largest absolute Gasteiger partial charge is 0.391 e. The second-order valence-electron chi connectivity index (χ2n) is 3.88. The van der Waals surface area contributed by atoms with Crippen LogP contribution in [0.2, 0.25) is 0 Å². The minimum atomic E-state index is -1.46. The maximum absolute atomic E-state index is 10.4. The number of nitroso groups, excluding NO2 is 1. The fourth-order valence-electron chi connectivity index (χ4n) is 1.12. The van der Waals surface area contributed by atoms with Gasteiger partial charge in [-0.05, 0) is 12.8 Å². The van der Waals surface area contributed by atoms with E-state index in [2.05, 4.69) is 5.18 Å². The summed E-state index contributed by atoms with van der Waals surface area (Å²) in [5, 5.41) is 38.1. The minimum absolute atomic E-state index is 0.0840. The van der Waals surface area contributed by atoms with Crippen molar-refractivity contribution < 1.29 is 15.3 Å². The van der Waals surface area contributed by atoms with Gasteiger partial charge in [-0.3, -0.25) is 0 Å². The molecular weight excluding hydrogens is 200 g/mol. The third kappa shape index (κ3) is 3.65. The molecule has 6 heteroatoms. The Labute approximate surface area is 88.4 Å². The van der Waals surface area contributed by atoms with Crippen LogP contribution in [0.3, 0.4) is 0 Å². The first kappa shape index (κ1) is 14.2. The summed E-state index contributed by atoms with van der Waals surface area (Å²) in [4.78, 5) is 10.4. The third-order valence-corrected chi connectivity index (χ3v) is 2.23. The smallest absolute Gasteiger partial charge is 0.151 e. The van der Waals surface area contributed by atoms with E-state index in [-0.39, 0.29) is 11.6 Å². The fraction of sp³-hybridized carbons (Fsp3) is 0.889. The fourth-order valence-corrected chi connectivity index (χ4v) is 1.12. The average Bonchev–Trinajstić information content (AvgIpc) is 2.16. The van der Waals surface area contributed by atoms with Crippen LogP contribution >= 0.6 is 0 Å². The van der Waals surface area contributed by atoms with Crippen LogP contribution in [0.1, 0.15) is 20.8 Å². The average molecular weight is 218 g/mol. The van der Waals surface area contributed by atoms with Gasteiger partial charge in [0.2, 0.25) is 0 Å². The van der Waals surface area contributed by atoms with E-state index in [0.29, 0.717) is 0 Å². The molecule has 0 spiro atoms. The van der Waals surface area contributed by atoms with Gasteiger partial charge in [-0.15, -0.1) is 0 Å². The molecule has 0 rings (SSSR count). The van der Waals surface area contributed by atoms with Crippen LogP contribution in [-0.2, 0) is 0 Å². The van der Waals surface area contributed by atoms with Gasteiger partial charge in [-0.25, -0.2) is 0 Å². The van der Waals surface area contributed by atoms with Crippen molar-refractivity contribution in [2.75, 3.05) is 0 Å². The van der Waals surface area contributed by atoms with Crippen molar-refractivity contribution in [3.05, 3.63) is 4.91 Å². The van der Waals surface area contributed by atoms with Gasteiger partial charge in [0.1, 0.15) is 12.2 Å². The quantitative estimate of drug-likeness (QED) is 0.368. The Morgan fingerprint density at radius 1 is 1.20 bits per heavy atom. The molecule has 0 amide bonds. The van der Waals surface area contributed by atoms with Gasteiger partial charge < -0.3 is 20.7 Å². The van der Waals surface area contributed by atoms with Gasteiger partial charge in [0.15, 0.2) is 6.04 Å². The molecular formula is C9H18N2O4. The molecule has 0 radical (unpaired) electrons. The first-order chi connectivity index (χ1) is 6.82. The summed E-state index contributed by atoms with van der Waals surface area (Å²) >= 11 is 0. The van der Waals surface area contributed by atoms with Crippen LogP contribution in [0.5, 0.6) is 0 Å².